The van der Waals surface area contributed by atoms with Crippen molar-refractivity contribution >= 4 is 23.3 Å². The zero-order chi connectivity index (χ0) is 20.5. The van der Waals surface area contributed by atoms with Crippen LogP contribution in [0.4, 0.5) is 4.79 Å². The van der Waals surface area contributed by atoms with Gasteiger partial charge in [-0.05, 0) is 48.1 Å². The van der Waals surface area contributed by atoms with Crippen molar-refractivity contribution in [1.82, 2.24) is 15.1 Å². The number of aliphatic hydroxyl groups is 1. The molecule has 2 unspecified atom stereocenters. The standard InChI is InChI=1S/C21H29N3O4S/c25-19(23-10-4-5-11-23)6-2-1-3-12-24-13-7-18(20(24)26)22-21(27)28-14-8-17-9-15-29-16-17/h9,15-16,18-19,25H,2,4-8,10-14H2,(H,22,27). The molecule has 3 heterocycles. The number of carbonyl (C=O) groups is 2. The van der Waals surface area contributed by atoms with Crippen LogP contribution in [-0.2, 0) is 16.0 Å². The van der Waals surface area contributed by atoms with Crippen molar-refractivity contribution in [3.05, 3.63) is 22.4 Å². The smallest absolute Gasteiger partial charge is 0.407 e. The Morgan fingerprint density at radius 2 is 2.17 bits per heavy atom. The summed E-state index contributed by atoms with van der Waals surface area (Å²) in [5.74, 6) is 5.93. The van der Waals surface area contributed by atoms with Gasteiger partial charge in [-0.3, -0.25) is 9.69 Å². The zero-order valence-electron chi connectivity index (χ0n) is 16.6. The molecule has 29 heavy (non-hydrogen) atoms. The highest BCUT2D eigenvalue weighted by Crippen LogP contribution is 2.13. The largest absolute Gasteiger partial charge is 0.449 e. The summed E-state index contributed by atoms with van der Waals surface area (Å²) < 4.78 is 5.17. The van der Waals surface area contributed by atoms with E-state index in [1.807, 2.05) is 16.8 Å². The molecule has 158 valence electrons. The van der Waals surface area contributed by atoms with Gasteiger partial charge in [-0.25, -0.2) is 4.79 Å². The van der Waals surface area contributed by atoms with Gasteiger partial charge in [-0.2, -0.15) is 11.3 Å². The number of alkyl carbamates (subject to hydrolysis) is 1. The Labute approximate surface area is 176 Å². The molecule has 0 spiro atoms. The fourth-order valence-corrected chi connectivity index (χ4v) is 4.28. The van der Waals surface area contributed by atoms with E-state index in [0.717, 1.165) is 31.5 Å². The lowest BCUT2D eigenvalue weighted by atomic mass is 10.2. The Morgan fingerprint density at radius 1 is 1.34 bits per heavy atom. The number of ether oxygens (including phenoxy) is 1. The van der Waals surface area contributed by atoms with E-state index in [0.29, 0.717) is 45.4 Å². The molecule has 0 aliphatic carbocycles. The molecule has 2 aliphatic heterocycles. The molecular formula is C21H29N3O4S. The fourth-order valence-electron chi connectivity index (χ4n) is 3.57. The SMILES string of the molecule is O=C(NC1CCN(CC#CCCC(O)N2CCCC2)C1=O)OCCc1ccsc1. The van der Waals surface area contributed by atoms with Crippen LogP contribution >= 0.6 is 11.3 Å². The Balaban J connectivity index is 1.30. The number of amides is 2. The summed E-state index contributed by atoms with van der Waals surface area (Å²) in [6.07, 6.45) is 3.80. The van der Waals surface area contributed by atoms with Crippen LogP contribution in [0.3, 0.4) is 0 Å². The van der Waals surface area contributed by atoms with E-state index >= 15 is 0 Å². The van der Waals surface area contributed by atoms with E-state index in [9.17, 15) is 14.7 Å². The number of nitrogens with zero attached hydrogens (tertiary/aromatic N) is 2. The molecule has 2 N–H and O–H groups in total. The van der Waals surface area contributed by atoms with E-state index in [1.165, 1.54) is 0 Å². The molecule has 0 radical (unpaired) electrons. The number of thiophene rings is 1. The highest BCUT2D eigenvalue weighted by Gasteiger charge is 2.32. The number of hydrogen-bond donors (Lipinski definition) is 2. The molecule has 0 aromatic carbocycles. The highest BCUT2D eigenvalue weighted by molar-refractivity contribution is 7.07. The van der Waals surface area contributed by atoms with Crippen LogP contribution in [0.5, 0.6) is 0 Å². The minimum atomic E-state index is -0.553. The molecule has 2 atom stereocenters. The Hall–Kier alpha value is -2.08. The summed E-state index contributed by atoms with van der Waals surface area (Å²) in [6, 6.07) is 1.46. The molecule has 0 saturated carbocycles. The quantitative estimate of drug-likeness (QED) is 0.628. The summed E-state index contributed by atoms with van der Waals surface area (Å²) in [5, 5.41) is 16.7. The predicted molar refractivity (Wildman–Crippen MR) is 111 cm³/mol. The van der Waals surface area contributed by atoms with Gasteiger partial charge in [0.15, 0.2) is 0 Å². The third-order valence-electron chi connectivity index (χ3n) is 5.28. The monoisotopic (exact) mass is 419 g/mol. The van der Waals surface area contributed by atoms with Crippen molar-refractivity contribution in [1.29, 1.82) is 0 Å². The molecule has 0 bridgehead atoms. The second kappa shape index (κ2) is 11.2. The van der Waals surface area contributed by atoms with Crippen molar-refractivity contribution in [2.75, 3.05) is 32.8 Å². The van der Waals surface area contributed by atoms with Crippen LogP contribution in [0.2, 0.25) is 0 Å². The maximum Gasteiger partial charge on any atom is 0.407 e. The van der Waals surface area contributed by atoms with Crippen LogP contribution < -0.4 is 5.32 Å². The Bertz CT molecular complexity index is 722. The van der Waals surface area contributed by atoms with Crippen molar-refractivity contribution in [3.8, 4) is 11.8 Å². The minimum Gasteiger partial charge on any atom is -0.449 e. The van der Waals surface area contributed by atoms with Gasteiger partial charge in [-0.15, -0.1) is 5.92 Å². The molecule has 2 fully saturated rings. The van der Waals surface area contributed by atoms with Crippen LogP contribution in [0.15, 0.2) is 16.8 Å². The van der Waals surface area contributed by atoms with Gasteiger partial charge >= 0.3 is 6.09 Å². The van der Waals surface area contributed by atoms with E-state index in [4.69, 9.17) is 4.74 Å². The Morgan fingerprint density at radius 3 is 2.93 bits per heavy atom. The lowest BCUT2D eigenvalue weighted by Gasteiger charge is -2.21. The maximum atomic E-state index is 12.4. The first-order chi connectivity index (χ1) is 14.1. The highest BCUT2D eigenvalue weighted by atomic mass is 32.1. The summed E-state index contributed by atoms with van der Waals surface area (Å²) in [5.41, 5.74) is 1.14. The van der Waals surface area contributed by atoms with Crippen molar-refractivity contribution in [3.63, 3.8) is 0 Å². The van der Waals surface area contributed by atoms with Crippen LogP contribution in [0.25, 0.3) is 0 Å². The lowest BCUT2D eigenvalue weighted by molar-refractivity contribution is -0.128. The van der Waals surface area contributed by atoms with E-state index < -0.39 is 18.4 Å². The summed E-state index contributed by atoms with van der Waals surface area (Å²) in [6.45, 7) is 3.14. The van der Waals surface area contributed by atoms with Crippen molar-refractivity contribution < 1.29 is 19.4 Å². The minimum absolute atomic E-state index is 0.119. The first-order valence-electron chi connectivity index (χ1n) is 10.2. The topological polar surface area (TPSA) is 82.1 Å². The molecule has 2 amide bonds. The number of rotatable bonds is 8. The predicted octanol–water partition coefficient (Wildman–Crippen LogP) is 1.82. The third kappa shape index (κ3) is 6.74. The summed E-state index contributed by atoms with van der Waals surface area (Å²) in [4.78, 5) is 28.0. The van der Waals surface area contributed by atoms with Gasteiger partial charge in [0.1, 0.15) is 12.3 Å². The number of carbonyl (C=O) groups excluding carboxylic acids is 2. The number of hydrogen-bond acceptors (Lipinski definition) is 6. The van der Waals surface area contributed by atoms with Gasteiger partial charge < -0.3 is 20.1 Å². The summed E-state index contributed by atoms with van der Waals surface area (Å²) in [7, 11) is 0. The van der Waals surface area contributed by atoms with E-state index in [1.54, 1.807) is 16.2 Å². The molecular weight excluding hydrogens is 390 g/mol. The second-order valence-electron chi connectivity index (χ2n) is 7.38. The number of likely N-dealkylation sites (tertiary alicyclic amines) is 2. The first kappa shape index (κ1) is 21.6. The molecule has 7 nitrogen and oxygen atoms in total. The van der Waals surface area contributed by atoms with Gasteiger partial charge in [0.05, 0.1) is 13.2 Å². The van der Waals surface area contributed by atoms with Crippen molar-refractivity contribution in [2.24, 2.45) is 0 Å². The maximum absolute atomic E-state index is 12.4. The van der Waals surface area contributed by atoms with Gasteiger partial charge in [0.25, 0.3) is 0 Å². The van der Waals surface area contributed by atoms with Crippen LogP contribution in [0.1, 0.15) is 37.7 Å². The fraction of sp³-hybridized carbons (Fsp3) is 0.619. The first-order valence-corrected chi connectivity index (χ1v) is 11.2. The van der Waals surface area contributed by atoms with E-state index in [2.05, 4.69) is 22.1 Å². The van der Waals surface area contributed by atoms with Crippen LogP contribution in [-0.4, -0.2) is 72.0 Å². The van der Waals surface area contributed by atoms with Gasteiger partial charge in [0.2, 0.25) is 5.91 Å². The molecule has 8 heteroatoms. The zero-order valence-corrected chi connectivity index (χ0v) is 17.5. The number of aliphatic hydroxyl groups excluding tert-OH is 1. The summed E-state index contributed by atoms with van der Waals surface area (Å²) >= 11 is 1.61. The van der Waals surface area contributed by atoms with Crippen molar-refractivity contribution in [2.45, 2.75) is 50.8 Å². The van der Waals surface area contributed by atoms with E-state index in [-0.39, 0.29) is 5.91 Å². The molecule has 2 aliphatic rings. The third-order valence-corrected chi connectivity index (χ3v) is 6.01. The van der Waals surface area contributed by atoms with Crippen LogP contribution in [0, 0.1) is 11.8 Å². The lowest BCUT2D eigenvalue weighted by Crippen LogP contribution is -2.42. The average Bonchev–Trinajstić information content (AvgIpc) is 3.46. The normalized spacial score (nSPS) is 20.4. The Kier molecular flexibility index (Phi) is 8.35. The molecule has 1 aromatic rings. The molecule has 2 saturated heterocycles. The van der Waals surface area contributed by atoms with Gasteiger partial charge in [0, 0.05) is 32.5 Å². The average molecular weight is 420 g/mol. The molecule has 1 aromatic heterocycles. The second-order valence-corrected chi connectivity index (χ2v) is 8.16. The molecule has 3 rings (SSSR count). The van der Waals surface area contributed by atoms with Gasteiger partial charge in [-0.1, -0.05) is 5.92 Å². The number of nitrogens with one attached hydrogen (secondary N) is 1.